The number of carboxylic acid groups (broad SMARTS) is 1. The summed E-state index contributed by atoms with van der Waals surface area (Å²) in [6.07, 6.45) is 5.74. The molecule has 1 aliphatic rings. The van der Waals surface area contributed by atoms with Crippen LogP contribution in [0.25, 0.3) is 23.0 Å². The number of hydrogen-bond donors (Lipinski definition) is 6. The van der Waals surface area contributed by atoms with E-state index in [2.05, 4.69) is 26.3 Å². The molecule has 1 unspecified atom stereocenters. The average Bonchev–Trinajstić information content (AvgIpc) is 3.75. The number of nitrogens with two attached hydrogens (primary N) is 1. The summed E-state index contributed by atoms with van der Waals surface area (Å²) in [5.41, 5.74) is 17.3. The highest BCUT2D eigenvalue weighted by molar-refractivity contribution is 6.32. The fourth-order valence-electron chi connectivity index (χ4n) is 4.93. The van der Waals surface area contributed by atoms with Gasteiger partial charge in [0.1, 0.15) is 22.8 Å². The van der Waals surface area contributed by atoms with Gasteiger partial charge in [0.2, 0.25) is 5.91 Å². The zero-order valence-corrected chi connectivity index (χ0v) is 24.5. The minimum Gasteiger partial charge on any atom is -0.478 e. The predicted molar refractivity (Wildman–Crippen MR) is 168 cm³/mol. The number of H-pyrrole nitrogens is 1. The number of imidazole rings is 1. The SMILES string of the molecule is NC1NNc2cc(-c3nc([C@H](Cc4ccccc4)NC(=O)C=Cc4cc(Cl)ccc4-n4cc(C(=O)O)cn4)[nH]c3Cl)ccc21. The van der Waals surface area contributed by atoms with Crippen molar-refractivity contribution in [3.63, 3.8) is 0 Å². The molecule has 6 rings (SSSR count). The van der Waals surface area contributed by atoms with E-state index >= 15 is 0 Å². The molecule has 0 bridgehead atoms. The number of carboxylic acids is 1. The molecule has 11 nitrogen and oxygen atoms in total. The first-order valence-electron chi connectivity index (χ1n) is 13.5. The van der Waals surface area contributed by atoms with Gasteiger partial charge in [-0.1, -0.05) is 65.7 Å². The molecule has 1 amide bonds. The van der Waals surface area contributed by atoms with Crippen molar-refractivity contribution in [1.82, 2.24) is 30.5 Å². The highest BCUT2D eigenvalue weighted by atomic mass is 35.5. The monoisotopic (exact) mass is 628 g/mol. The summed E-state index contributed by atoms with van der Waals surface area (Å²) >= 11 is 12.9. The molecular weight excluding hydrogens is 603 g/mol. The first kappa shape index (κ1) is 29.1. The van der Waals surface area contributed by atoms with Gasteiger partial charge in [-0.25, -0.2) is 19.9 Å². The van der Waals surface area contributed by atoms with Gasteiger partial charge in [-0.3, -0.25) is 4.79 Å². The molecule has 0 saturated carbocycles. The van der Waals surface area contributed by atoms with Crippen LogP contribution in [0.3, 0.4) is 0 Å². The molecule has 7 N–H and O–H groups in total. The predicted octanol–water partition coefficient (Wildman–Crippen LogP) is 5.27. The van der Waals surface area contributed by atoms with E-state index in [4.69, 9.17) is 33.9 Å². The molecule has 2 aromatic heterocycles. The average molecular weight is 630 g/mol. The Bertz CT molecular complexity index is 1890. The highest BCUT2D eigenvalue weighted by Gasteiger charge is 2.23. The molecule has 1 aliphatic heterocycles. The summed E-state index contributed by atoms with van der Waals surface area (Å²) < 4.78 is 1.42. The number of fused-ring (bicyclic) bond motifs is 1. The van der Waals surface area contributed by atoms with E-state index < -0.39 is 12.0 Å². The second-order valence-corrected chi connectivity index (χ2v) is 10.9. The number of nitrogens with zero attached hydrogens (tertiary/aromatic N) is 3. The second kappa shape index (κ2) is 12.3. The molecule has 5 aromatic rings. The number of amides is 1. The Morgan fingerprint density at radius 3 is 2.70 bits per heavy atom. The maximum Gasteiger partial charge on any atom is 0.338 e. The Morgan fingerprint density at radius 1 is 1.11 bits per heavy atom. The van der Waals surface area contributed by atoms with E-state index in [1.54, 1.807) is 24.3 Å². The number of aromatic amines is 1. The second-order valence-electron chi connectivity index (χ2n) is 10.1. The van der Waals surface area contributed by atoms with Crippen LogP contribution in [0.2, 0.25) is 10.2 Å². The number of nitrogens with one attached hydrogen (secondary N) is 4. The summed E-state index contributed by atoms with van der Waals surface area (Å²) in [7, 11) is 0. The first-order chi connectivity index (χ1) is 21.2. The van der Waals surface area contributed by atoms with Gasteiger partial charge in [0.15, 0.2) is 0 Å². The molecule has 0 fully saturated rings. The summed E-state index contributed by atoms with van der Waals surface area (Å²) in [6.45, 7) is 0. The van der Waals surface area contributed by atoms with Crippen molar-refractivity contribution in [1.29, 1.82) is 0 Å². The third-order valence-corrected chi connectivity index (χ3v) is 7.62. The number of halogens is 2. The van der Waals surface area contributed by atoms with Crippen molar-refractivity contribution >= 4 is 46.8 Å². The minimum absolute atomic E-state index is 0.0317. The van der Waals surface area contributed by atoms with Crippen LogP contribution < -0.4 is 21.9 Å². The van der Waals surface area contributed by atoms with Crippen LogP contribution in [-0.2, 0) is 11.2 Å². The lowest BCUT2D eigenvalue weighted by molar-refractivity contribution is -0.117. The number of hydrazine groups is 1. The number of carbonyl (C=O) groups excluding carboxylic acids is 1. The van der Waals surface area contributed by atoms with Crippen molar-refractivity contribution in [3.05, 3.63) is 123 Å². The standard InChI is InChI=1S/C31H26Cl2N8O3/c32-21-8-10-25(41-16-20(15-35-41)31(43)44)18(13-21)7-11-26(42)36-24(12-17-4-2-1-3-5-17)30-37-27(28(33)38-30)19-6-9-22-23(14-19)39-40-29(22)34/h1-11,13-16,24,29,39-40H,12,34H2,(H,36,42)(H,37,38)(H,43,44)/t24-,29?/m0/s1. The van der Waals surface area contributed by atoms with E-state index in [1.165, 1.54) is 23.2 Å². The topological polar surface area (TPSA) is 163 Å². The third-order valence-electron chi connectivity index (χ3n) is 7.11. The van der Waals surface area contributed by atoms with Gasteiger partial charge in [-0.05, 0) is 42.3 Å². The molecule has 2 atom stereocenters. The molecule has 13 heteroatoms. The van der Waals surface area contributed by atoms with Crippen LogP contribution in [0.15, 0.2) is 85.2 Å². The lowest BCUT2D eigenvalue weighted by Crippen LogP contribution is -2.29. The molecule has 3 heterocycles. The lowest BCUT2D eigenvalue weighted by atomic mass is 10.0. The van der Waals surface area contributed by atoms with Crippen molar-refractivity contribution < 1.29 is 14.7 Å². The smallest absolute Gasteiger partial charge is 0.338 e. The van der Waals surface area contributed by atoms with Gasteiger partial charge in [0.25, 0.3) is 0 Å². The Labute approximate surface area is 261 Å². The number of benzene rings is 3. The van der Waals surface area contributed by atoms with Crippen LogP contribution in [0.5, 0.6) is 0 Å². The quantitative estimate of drug-likeness (QED) is 0.120. The maximum absolute atomic E-state index is 13.3. The molecule has 0 radical (unpaired) electrons. The minimum atomic E-state index is -1.10. The Morgan fingerprint density at radius 2 is 1.93 bits per heavy atom. The highest BCUT2D eigenvalue weighted by Crippen LogP contribution is 2.34. The molecule has 222 valence electrons. The van der Waals surface area contributed by atoms with Gasteiger partial charge >= 0.3 is 5.97 Å². The number of anilines is 1. The largest absolute Gasteiger partial charge is 0.478 e. The fourth-order valence-corrected chi connectivity index (χ4v) is 5.35. The van der Waals surface area contributed by atoms with Crippen LogP contribution in [0.4, 0.5) is 5.69 Å². The van der Waals surface area contributed by atoms with E-state index in [0.717, 1.165) is 22.4 Å². The zero-order valence-electron chi connectivity index (χ0n) is 23.0. The molecule has 44 heavy (non-hydrogen) atoms. The number of rotatable bonds is 9. The van der Waals surface area contributed by atoms with Gasteiger partial charge in [0.05, 0.1) is 29.2 Å². The molecule has 0 aliphatic carbocycles. The van der Waals surface area contributed by atoms with E-state index in [0.29, 0.717) is 39.4 Å². The summed E-state index contributed by atoms with van der Waals surface area (Å²) in [5, 5.41) is 17.2. The summed E-state index contributed by atoms with van der Waals surface area (Å²) in [6, 6.07) is 19.9. The zero-order chi connectivity index (χ0) is 30.8. The third kappa shape index (κ3) is 6.21. The van der Waals surface area contributed by atoms with E-state index in [-0.39, 0.29) is 17.6 Å². The normalized spacial score (nSPS) is 14.8. The number of hydrogen-bond acceptors (Lipinski definition) is 7. The Kier molecular flexibility index (Phi) is 8.18. The molecule has 0 spiro atoms. The maximum atomic E-state index is 13.3. The molecule has 0 saturated heterocycles. The lowest BCUT2D eigenvalue weighted by Gasteiger charge is -2.16. The van der Waals surface area contributed by atoms with Crippen LogP contribution in [0.1, 0.15) is 45.1 Å². The molecular formula is C31H26Cl2N8O3. The van der Waals surface area contributed by atoms with Crippen LogP contribution in [0, 0.1) is 0 Å². The van der Waals surface area contributed by atoms with Crippen LogP contribution in [-0.4, -0.2) is 36.7 Å². The van der Waals surface area contributed by atoms with Gasteiger partial charge < -0.3 is 26.6 Å². The first-order valence-corrected chi connectivity index (χ1v) is 14.3. The van der Waals surface area contributed by atoms with E-state index in [9.17, 15) is 14.7 Å². The number of aromatic nitrogens is 4. The van der Waals surface area contributed by atoms with Crippen molar-refractivity contribution in [2.45, 2.75) is 18.6 Å². The van der Waals surface area contributed by atoms with E-state index in [1.807, 2.05) is 48.5 Å². The summed E-state index contributed by atoms with van der Waals surface area (Å²) in [5.74, 6) is -0.999. The number of carbonyl (C=O) groups is 2. The van der Waals surface area contributed by atoms with Crippen molar-refractivity contribution in [3.8, 4) is 16.9 Å². The Balaban J connectivity index is 1.27. The Hall–Kier alpha value is -4.94. The van der Waals surface area contributed by atoms with Gasteiger partial charge in [-0.2, -0.15) is 5.10 Å². The van der Waals surface area contributed by atoms with Gasteiger partial charge in [0, 0.05) is 34.0 Å². The number of aromatic carboxylic acids is 1. The van der Waals surface area contributed by atoms with Crippen molar-refractivity contribution in [2.75, 3.05) is 5.43 Å². The summed E-state index contributed by atoms with van der Waals surface area (Å²) in [4.78, 5) is 32.6. The molecule has 3 aromatic carbocycles. The fraction of sp³-hybridized carbons (Fsp3) is 0.0968. The van der Waals surface area contributed by atoms with Crippen LogP contribution >= 0.6 is 23.2 Å². The van der Waals surface area contributed by atoms with Crippen molar-refractivity contribution in [2.24, 2.45) is 5.73 Å². The van der Waals surface area contributed by atoms with Gasteiger partial charge in [-0.15, -0.1) is 0 Å².